The molecule has 0 aromatic heterocycles. The zero-order valence-corrected chi connectivity index (χ0v) is 20.9. The zero-order valence-electron chi connectivity index (χ0n) is 18.5. The summed E-state index contributed by atoms with van der Waals surface area (Å²) >= 11 is 0. The minimum Gasteiger partial charge on any atom is -3.00 e. The van der Waals surface area contributed by atoms with Crippen molar-refractivity contribution in [3.63, 3.8) is 0 Å². The summed E-state index contributed by atoms with van der Waals surface area (Å²) in [6.45, 7) is 15.7. The average molecular weight is 580 g/mol. The van der Waals surface area contributed by atoms with Crippen LogP contribution in [-0.2, 0) is 20.1 Å². The van der Waals surface area contributed by atoms with Crippen LogP contribution in [-0.4, -0.2) is 47.1 Å². The van der Waals surface area contributed by atoms with Gasteiger partial charge in [0.1, 0.15) is 17.3 Å². The van der Waals surface area contributed by atoms with E-state index in [0.717, 1.165) is 0 Å². The van der Waals surface area contributed by atoms with Gasteiger partial charge in [0.15, 0.2) is 0 Å². The molecule has 6 N–H and O–H groups in total. The van der Waals surface area contributed by atoms with Crippen LogP contribution in [0.5, 0.6) is 0 Å². The Hall–Kier alpha value is -1.72. The molecule has 0 aliphatic heterocycles. The second-order valence-corrected chi connectivity index (χ2v) is 7.10. The number of ketones is 3. The van der Waals surface area contributed by atoms with Crippen LogP contribution in [0.4, 0.5) is 0 Å². The second-order valence-electron chi connectivity index (χ2n) is 7.10. The van der Waals surface area contributed by atoms with Crippen LogP contribution in [0.25, 0.3) is 0 Å². The fourth-order valence-electron chi connectivity index (χ4n) is 1.14. The van der Waals surface area contributed by atoms with Crippen LogP contribution in [0, 0.1) is 17.8 Å². The molecule has 168 valence electrons. The van der Waals surface area contributed by atoms with Gasteiger partial charge in [0.25, 0.3) is 0 Å². The SMILES string of the molecule is CC(=[OH+])C=C(O)C(C)C.CC(=[OH+])C=C(O)C(C)C.CC(=[OH+])C=C(O)C(C)C.[Ir-3]. The van der Waals surface area contributed by atoms with E-state index < -0.39 is 0 Å². The average Bonchev–Trinajstić information content (AvgIpc) is 2.46. The Labute approximate surface area is 182 Å². The van der Waals surface area contributed by atoms with Gasteiger partial charge >= 0.3 is 17.3 Å². The molecule has 0 fully saturated rings. The van der Waals surface area contributed by atoms with Gasteiger partial charge in [0, 0.05) is 17.8 Å². The van der Waals surface area contributed by atoms with Crippen molar-refractivity contribution in [1.82, 2.24) is 0 Å². The van der Waals surface area contributed by atoms with E-state index in [1.54, 1.807) is 0 Å². The third kappa shape index (κ3) is 26.5. The fourth-order valence-corrected chi connectivity index (χ4v) is 1.14. The molecule has 0 unspecified atom stereocenters. The standard InChI is InChI=1S/3C7H12O2.Ir/c3*1-5(2)7(9)4-6(3)8;/h3*4-5,9H,1-3H3;/q;;;-3/p+3. The quantitative estimate of drug-likeness (QED) is 0.234. The summed E-state index contributed by atoms with van der Waals surface area (Å²) in [6.07, 6.45) is 4.06. The molecule has 0 aliphatic rings. The first-order valence-electron chi connectivity index (χ1n) is 8.90. The van der Waals surface area contributed by atoms with Crippen LogP contribution in [0.3, 0.4) is 0 Å². The number of aliphatic hydroxyl groups excluding tert-OH is 3. The predicted molar refractivity (Wildman–Crippen MR) is 114 cm³/mol. The summed E-state index contributed by atoms with van der Waals surface area (Å²) in [4.78, 5) is 26.0. The topological polar surface area (TPSA) is 125 Å². The molecule has 0 aromatic carbocycles. The molecule has 0 heterocycles. The Morgan fingerprint density at radius 3 is 0.714 bits per heavy atom. The van der Waals surface area contributed by atoms with Gasteiger partial charge in [0.05, 0.1) is 39.0 Å². The molecule has 0 amide bonds. The van der Waals surface area contributed by atoms with E-state index in [1.807, 2.05) is 41.5 Å². The van der Waals surface area contributed by atoms with Crippen LogP contribution in [0.15, 0.2) is 35.5 Å². The normalized spacial score (nSPS) is 11.8. The summed E-state index contributed by atoms with van der Waals surface area (Å²) in [7, 11) is 0. The number of hydrogen-bond donors (Lipinski definition) is 3. The third-order valence-electron chi connectivity index (χ3n) is 2.84. The summed E-state index contributed by atoms with van der Waals surface area (Å²) < 4.78 is 0. The number of aliphatic hydroxyl groups is 3. The summed E-state index contributed by atoms with van der Waals surface area (Å²) in [6, 6.07) is 0. The van der Waals surface area contributed by atoms with E-state index in [1.165, 1.54) is 39.0 Å². The van der Waals surface area contributed by atoms with Gasteiger partial charge in [-0.25, -0.2) is 0 Å². The van der Waals surface area contributed by atoms with E-state index >= 15 is 0 Å². The Bertz CT molecular complexity index is 489. The van der Waals surface area contributed by atoms with Crippen molar-refractivity contribution < 1.29 is 49.8 Å². The van der Waals surface area contributed by atoms with Crippen LogP contribution >= 0.6 is 0 Å². The summed E-state index contributed by atoms with van der Waals surface area (Å²) in [5.41, 5.74) is 0. The van der Waals surface area contributed by atoms with Gasteiger partial charge in [-0.05, 0) is 0 Å². The maximum atomic E-state index is 8.98. The molecule has 0 saturated heterocycles. The maximum Gasteiger partial charge on any atom is 0.316 e. The van der Waals surface area contributed by atoms with Gasteiger partial charge in [-0.15, -0.1) is 0 Å². The van der Waals surface area contributed by atoms with E-state index in [9.17, 15) is 0 Å². The maximum absolute atomic E-state index is 8.98. The van der Waals surface area contributed by atoms with Gasteiger partial charge in [-0.1, -0.05) is 41.5 Å². The Morgan fingerprint density at radius 1 is 0.536 bits per heavy atom. The number of carbonyl (C=O) groups excluding carboxylic acids is 3. The largest absolute Gasteiger partial charge is 3.00 e. The summed E-state index contributed by atoms with van der Waals surface area (Å²) in [5, 5.41) is 26.9. The molecule has 7 heteroatoms. The molecule has 0 bridgehead atoms. The Morgan fingerprint density at radius 2 is 0.679 bits per heavy atom. The molecule has 0 saturated carbocycles. The molecule has 0 radical (unpaired) electrons. The smallest absolute Gasteiger partial charge is 0.316 e. The molecule has 28 heavy (non-hydrogen) atoms. The Kier molecular flexibility index (Phi) is 22.5. The molecular formula is C21H39IrO6. The van der Waals surface area contributed by atoms with Crippen LogP contribution in [0.2, 0.25) is 0 Å². The van der Waals surface area contributed by atoms with Crippen LogP contribution in [0.1, 0.15) is 62.3 Å². The van der Waals surface area contributed by atoms with Crippen molar-refractivity contribution in [2.24, 2.45) is 17.8 Å². The van der Waals surface area contributed by atoms with E-state index in [2.05, 4.69) is 0 Å². The minimum absolute atomic E-state index is 0. The molecular weight excluding hydrogens is 540 g/mol. The fraction of sp³-hybridized carbons (Fsp3) is 0.571. The number of rotatable bonds is 6. The Balaban J connectivity index is -0.000000152. The second kappa shape index (κ2) is 18.6. The van der Waals surface area contributed by atoms with E-state index in [4.69, 9.17) is 29.7 Å². The molecule has 0 aliphatic carbocycles. The van der Waals surface area contributed by atoms with Crippen molar-refractivity contribution in [1.29, 1.82) is 0 Å². The molecule has 0 rings (SSSR count). The van der Waals surface area contributed by atoms with Gasteiger partial charge < -0.3 is 35.4 Å². The first kappa shape index (κ1) is 33.8. The predicted octanol–water partition coefficient (Wildman–Crippen LogP) is 4.94. The molecule has 0 aromatic rings. The molecule has 0 atom stereocenters. The van der Waals surface area contributed by atoms with Crippen molar-refractivity contribution in [3.8, 4) is 0 Å². The monoisotopic (exact) mass is 580 g/mol. The summed E-state index contributed by atoms with van der Waals surface area (Å²) in [5.74, 6) is 1.34. The first-order valence-corrected chi connectivity index (χ1v) is 8.90. The van der Waals surface area contributed by atoms with Gasteiger partial charge in [-0.3, -0.25) is 14.4 Å². The first-order chi connectivity index (χ1) is 12.1. The van der Waals surface area contributed by atoms with Crippen molar-refractivity contribution in [2.45, 2.75) is 62.3 Å². The van der Waals surface area contributed by atoms with Gasteiger partial charge in [-0.2, -0.15) is 0 Å². The van der Waals surface area contributed by atoms with Crippen molar-refractivity contribution in [2.75, 3.05) is 0 Å². The van der Waals surface area contributed by atoms with Crippen LogP contribution < -0.4 is 0 Å². The van der Waals surface area contributed by atoms with Gasteiger partial charge in [0.2, 0.25) is 0 Å². The zero-order chi connectivity index (χ0) is 22.3. The van der Waals surface area contributed by atoms with Crippen molar-refractivity contribution in [3.05, 3.63) is 35.5 Å². The van der Waals surface area contributed by atoms with Crippen molar-refractivity contribution >= 4 is 17.3 Å². The third-order valence-corrected chi connectivity index (χ3v) is 2.84. The molecule has 0 spiro atoms. The van der Waals surface area contributed by atoms with E-state index in [0.29, 0.717) is 0 Å². The molecule has 6 nitrogen and oxygen atoms in total. The minimum atomic E-state index is 0. The number of allylic oxidation sites excluding steroid dienone is 6. The van der Waals surface area contributed by atoms with E-state index in [-0.39, 0.29) is 72.5 Å². The number of hydrogen-bond acceptors (Lipinski definition) is 3.